The highest BCUT2D eigenvalue weighted by Crippen LogP contribution is 2.32. The minimum absolute atomic E-state index is 0.152. The standard InChI is InChI=1S/C13H16N2O/c1-15-7-5-12(16)13(15)10-2-3-11-9(8-10)4-6-14-11/h2-4,6,8,12-14,16H,5,7H2,1H3. The highest BCUT2D eigenvalue weighted by Gasteiger charge is 2.31. The van der Waals surface area contributed by atoms with E-state index < -0.39 is 0 Å². The van der Waals surface area contributed by atoms with E-state index in [4.69, 9.17) is 0 Å². The Balaban J connectivity index is 2.04. The molecule has 1 aliphatic rings. The van der Waals surface area contributed by atoms with Crippen LogP contribution in [-0.2, 0) is 0 Å². The molecule has 2 aromatic rings. The summed E-state index contributed by atoms with van der Waals surface area (Å²) in [5.41, 5.74) is 2.36. The van der Waals surface area contributed by atoms with Gasteiger partial charge >= 0.3 is 0 Å². The van der Waals surface area contributed by atoms with Gasteiger partial charge in [0.25, 0.3) is 0 Å². The Morgan fingerprint density at radius 3 is 3.00 bits per heavy atom. The number of aliphatic hydroxyl groups is 1. The van der Waals surface area contributed by atoms with Crippen LogP contribution < -0.4 is 0 Å². The Labute approximate surface area is 94.7 Å². The quantitative estimate of drug-likeness (QED) is 0.764. The highest BCUT2D eigenvalue weighted by atomic mass is 16.3. The van der Waals surface area contributed by atoms with Crippen molar-refractivity contribution < 1.29 is 5.11 Å². The largest absolute Gasteiger partial charge is 0.391 e. The van der Waals surface area contributed by atoms with Gasteiger partial charge in [0.15, 0.2) is 0 Å². The van der Waals surface area contributed by atoms with Gasteiger partial charge in [-0.3, -0.25) is 4.90 Å². The van der Waals surface area contributed by atoms with E-state index in [1.165, 1.54) is 10.9 Å². The Morgan fingerprint density at radius 2 is 2.25 bits per heavy atom. The van der Waals surface area contributed by atoms with Gasteiger partial charge in [0.2, 0.25) is 0 Å². The van der Waals surface area contributed by atoms with E-state index in [0.29, 0.717) is 0 Å². The fourth-order valence-electron chi connectivity index (χ4n) is 2.66. The number of benzene rings is 1. The van der Waals surface area contributed by atoms with E-state index >= 15 is 0 Å². The molecule has 1 saturated heterocycles. The van der Waals surface area contributed by atoms with Crippen molar-refractivity contribution in [2.24, 2.45) is 0 Å². The van der Waals surface area contributed by atoms with Crippen molar-refractivity contribution in [1.82, 2.24) is 9.88 Å². The Kier molecular flexibility index (Phi) is 2.23. The predicted molar refractivity (Wildman–Crippen MR) is 64.3 cm³/mol. The number of rotatable bonds is 1. The van der Waals surface area contributed by atoms with Crippen LogP contribution in [0.25, 0.3) is 10.9 Å². The number of aliphatic hydroxyl groups excluding tert-OH is 1. The van der Waals surface area contributed by atoms with Gasteiger partial charge in [0.1, 0.15) is 0 Å². The van der Waals surface area contributed by atoms with Gasteiger partial charge in [-0.25, -0.2) is 0 Å². The van der Waals surface area contributed by atoms with Crippen LogP contribution in [0, 0.1) is 0 Å². The van der Waals surface area contributed by atoms with Crippen LogP contribution in [0.5, 0.6) is 0 Å². The van der Waals surface area contributed by atoms with Crippen LogP contribution >= 0.6 is 0 Å². The minimum Gasteiger partial charge on any atom is -0.391 e. The summed E-state index contributed by atoms with van der Waals surface area (Å²) >= 11 is 0. The SMILES string of the molecule is CN1CCC(O)C1c1ccc2[nH]ccc2c1. The minimum atomic E-state index is -0.235. The highest BCUT2D eigenvalue weighted by molar-refractivity contribution is 5.80. The number of fused-ring (bicyclic) bond motifs is 1. The number of nitrogens with one attached hydrogen (secondary N) is 1. The zero-order valence-electron chi connectivity index (χ0n) is 9.35. The number of likely N-dealkylation sites (N-methyl/N-ethyl adjacent to an activating group) is 1. The molecule has 0 amide bonds. The lowest BCUT2D eigenvalue weighted by molar-refractivity contribution is 0.128. The second-order valence-corrected chi connectivity index (χ2v) is 4.61. The molecular formula is C13H16N2O. The summed E-state index contributed by atoms with van der Waals surface area (Å²) in [4.78, 5) is 5.40. The van der Waals surface area contributed by atoms with Crippen molar-refractivity contribution in [2.75, 3.05) is 13.6 Å². The Hall–Kier alpha value is -1.32. The van der Waals surface area contributed by atoms with Crippen LogP contribution in [-0.4, -0.2) is 34.7 Å². The van der Waals surface area contributed by atoms with Gasteiger partial charge in [-0.05, 0) is 42.6 Å². The summed E-state index contributed by atoms with van der Waals surface area (Å²) in [7, 11) is 2.07. The number of aromatic amines is 1. The fraction of sp³-hybridized carbons (Fsp3) is 0.385. The van der Waals surface area contributed by atoms with E-state index in [2.05, 4.69) is 41.2 Å². The summed E-state index contributed by atoms with van der Waals surface area (Å²) in [6.07, 6.45) is 2.58. The molecule has 2 N–H and O–H groups in total. The second-order valence-electron chi connectivity index (χ2n) is 4.61. The van der Waals surface area contributed by atoms with Crippen molar-refractivity contribution in [3.05, 3.63) is 36.0 Å². The van der Waals surface area contributed by atoms with Gasteiger partial charge < -0.3 is 10.1 Å². The number of H-pyrrole nitrogens is 1. The number of aromatic nitrogens is 1. The Morgan fingerprint density at radius 1 is 1.38 bits per heavy atom. The first-order valence-corrected chi connectivity index (χ1v) is 5.71. The third-order valence-electron chi connectivity index (χ3n) is 3.54. The van der Waals surface area contributed by atoms with Crippen molar-refractivity contribution in [3.63, 3.8) is 0 Å². The van der Waals surface area contributed by atoms with E-state index in [-0.39, 0.29) is 12.1 Å². The van der Waals surface area contributed by atoms with Crippen LogP contribution in [0.4, 0.5) is 0 Å². The molecule has 0 spiro atoms. The molecule has 0 aliphatic carbocycles. The molecule has 3 heteroatoms. The first kappa shape index (κ1) is 9.87. The number of likely N-dealkylation sites (tertiary alicyclic amines) is 1. The second kappa shape index (κ2) is 3.61. The van der Waals surface area contributed by atoms with Gasteiger partial charge in [-0.2, -0.15) is 0 Å². The van der Waals surface area contributed by atoms with E-state index in [0.717, 1.165) is 18.5 Å². The molecule has 2 unspecified atom stereocenters. The van der Waals surface area contributed by atoms with Crippen molar-refractivity contribution in [2.45, 2.75) is 18.6 Å². The molecule has 16 heavy (non-hydrogen) atoms. The van der Waals surface area contributed by atoms with Crippen molar-refractivity contribution in [3.8, 4) is 0 Å². The average molecular weight is 216 g/mol. The molecule has 0 bridgehead atoms. The van der Waals surface area contributed by atoms with Crippen LogP contribution in [0.1, 0.15) is 18.0 Å². The molecule has 1 aliphatic heterocycles. The molecule has 2 atom stereocenters. The molecule has 3 nitrogen and oxygen atoms in total. The topological polar surface area (TPSA) is 39.3 Å². The van der Waals surface area contributed by atoms with Gasteiger partial charge in [-0.15, -0.1) is 0 Å². The smallest absolute Gasteiger partial charge is 0.0749 e. The maximum atomic E-state index is 9.99. The normalized spacial score (nSPS) is 26.6. The maximum Gasteiger partial charge on any atom is 0.0749 e. The van der Waals surface area contributed by atoms with Gasteiger partial charge in [0, 0.05) is 18.3 Å². The predicted octanol–water partition coefficient (Wildman–Crippen LogP) is 1.91. The number of hydrogen-bond donors (Lipinski definition) is 2. The fourth-order valence-corrected chi connectivity index (χ4v) is 2.66. The zero-order valence-corrected chi connectivity index (χ0v) is 9.35. The molecule has 1 aromatic carbocycles. The lowest BCUT2D eigenvalue weighted by atomic mass is 10.0. The third kappa shape index (κ3) is 1.44. The van der Waals surface area contributed by atoms with E-state index in [1.54, 1.807) is 0 Å². The van der Waals surface area contributed by atoms with E-state index in [1.807, 2.05) is 6.20 Å². The number of nitrogens with zero attached hydrogens (tertiary/aromatic N) is 1. The molecule has 1 fully saturated rings. The zero-order chi connectivity index (χ0) is 11.1. The summed E-state index contributed by atoms with van der Waals surface area (Å²) < 4.78 is 0. The van der Waals surface area contributed by atoms with Crippen molar-refractivity contribution in [1.29, 1.82) is 0 Å². The summed E-state index contributed by atoms with van der Waals surface area (Å²) in [5, 5.41) is 11.2. The first-order valence-electron chi connectivity index (χ1n) is 5.71. The lowest BCUT2D eigenvalue weighted by Crippen LogP contribution is -2.23. The molecule has 0 radical (unpaired) electrons. The molecule has 84 valence electrons. The van der Waals surface area contributed by atoms with Crippen molar-refractivity contribution >= 4 is 10.9 Å². The maximum absolute atomic E-state index is 9.99. The summed E-state index contributed by atoms with van der Waals surface area (Å²) in [6.45, 7) is 0.969. The average Bonchev–Trinajstić information content (AvgIpc) is 2.85. The monoisotopic (exact) mass is 216 g/mol. The number of hydrogen-bond acceptors (Lipinski definition) is 2. The summed E-state index contributed by atoms with van der Waals surface area (Å²) in [5.74, 6) is 0. The molecular weight excluding hydrogens is 200 g/mol. The Bertz CT molecular complexity index is 495. The molecule has 0 saturated carbocycles. The van der Waals surface area contributed by atoms with Gasteiger partial charge in [0.05, 0.1) is 12.1 Å². The first-order chi connectivity index (χ1) is 7.75. The molecule has 3 rings (SSSR count). The molecule has 2 heterocycles. The van der Waals surface area contributed by atoms with Gasteiger partial charge in [-0.1, -0.05) is 6.07 Å². The molecule has 1 aromatic heterocycles. The van der Waals surface area contributed by atoms with E-state index in [9.17, 15) is 5.11 Å². The van der Waals surface area contributed by atoms with Crippen LogP contribution in [0.3, 0.4) is 0 Å². The third-order valence-corrected chi connectivity index (χ3v) is 3.54. The van der Waals surface area contributed by atoms with Crippen LogP contribution in [0.2, 0.25) is 0 Å². The summed E-state index contributed by atoms with van der Waals surface area (Å²) in [6, 6.07) is 8.58. The van der Waals surface area contributed by atoms with Crippen LogP contribution in [0.15, 0.2) is 30.5 Å². The lowest BCUT2D eigenvalue weighted by Gasteiger charge is -2.22.